The summed E-state index contributed by atoms with van der Waals surface area (Å²) in [7, 11) is -1.81. The van der Waals surface area contributed by atoms with Crippen molar-refractivity contribution in [1.82, 2.24) is 5.32 Å². The van der Waals surface area contributed by atoms with E-state index in [0.717, 1.165) is 42.7 Å². The molecule has 2 nitrogen and oxygen atoms in total. The lowest BCUT2D eigenvalue weighted by Crippen LogP contribution is -2.42. The lowest BCUT2D eigenvalue weighted by Gasteiger charge is -2.43. The van der Waals surface area contributed by atoms with Crippen molar-refractivity contribution in [1.29, 1.82) is 0 Å². The summed E-state index contributed by atoms with van der Waals surface area (Å²) in [5.41, 5.74) is 1.37. The van der Waals surface area contributed by atoms with Crippen molar-refractivity contribution in [3.8, 4) is 0 Å². The van der Waals surface area contributed by atoms with Crippen LogP contribution in [0.4, 0.5) is 0 Å². The minimum Gasteiger partial charge on any atom is -0.409 e. The van der Waals surface area contributed by atoms with E-state index in [0.29, 0.717) is 20.5 Å². The topological polar surface area (TPSA) is 21.3 Å². The van der Waals surface area contributed by atoms with Crippen LogP contribution < -0.4 is 5.32 Å². The molecule has 1 atom stereocenters. The van der Waals surface area contributed by atoms with E-state index >= 15 is 0 Å². The molecule has 27 heavy (non-hydrogen) atoms. The molecule has 1 N–H and O–H groups in total. The highest BCUT2D eigenvalue weighted by atomic mass is 35.5. The van der Waals surface area contributed by atoms with Crippen LogP contribution in [0.15, 0.2) is 12.1 Å². The molecule has 1 aliphatic carbocycles. The van der Waals surface area contributed by atoms with Gasteiger partial charge < -0.3 is 9.74 Å². The van der Waals surface area contributed by atoms with Gasteiger partial charge in [-0.25, -0.2) is 0 Å². The Balaban J connectivity index is 2.16. The highest BCUT2D eigenvalue weighted by Gasteiger charge is 2.37. The van der Waals surface area contributed by atoms with E-state index in [9.17, 15) is 0 Å². The molecule has 0 saturated heterocycles. The molecule has 1 fully saturated rings. The fourth-order valence-electron chi connectivity index (χ4n) is 4.43. The van der Waals surface area contributed by atoms with Crippen LogP contribution in [0.1, 0.15) is 59.1 Å². The third kappa shape index (κ3) is 6.10. The third-order valence-corrected chi connectivity index (χ3v) is 11.6. The van der Waals surface area contributed by atoms with Crippen molar-refractivity contribution in [2.75, 3.05) is 13.1 Å². The average molecular weight is 451 g/mol. The van der Waals surface area contributed by atoms with E-state index in [1.807, 2.05) is 0 Å². The third-order valence-electron chi connectivity index (χ3n) is 6.14. The summed E-state index contributed by atoms with van der Waals surface area (Å²) < 4.78 is 6.81. The zero-order valence-electron chi connectivity index (χ0n) is 17.3. The lowest BCUT2D eigenvalue weighted by molar-refractivity contribution is 0.0915. The van der Waals surface area contributed by atoms with Gasteiger partial charge in [0.15, 0.2) is 8.32 Å². The van der Waals surface area contributed by atoms with Gasteiger partial charge in [0.05, 0.1) is 6.10 Å². The molecule has 2 rings (SSSR count). The van der Waals surface area contributed by atoms with Gasteiger partial charge in [0.1, 0.15) is 0 Å². The van der Waals surface area contributed by atoms with Crippen molar-refractivity contribution >= 4 is 43.1 Å². The number of hydrogen-bond donors (Lipinski definition) is 1. The maximum Gasteiger partial charge on any atom is 0.192 e. The molecule has 0 aromatic heterocycles. The molecule has 1 saturated carbocycles. The molecule has 0 radical (unpaired) electrons. The Bertz CT molecular complexity index is 595. The van der Waals surface area contributed by atoms with Crippen LogP contribution in [0.3, 0.4) is 0 Å². The lowest BCUT2D eigenvalue weighted by atomic mass is 9.64. The van der Waals surface area contributed by atoms with Crippen molar-refractivity contribution < 1.29 is 4.43 Å². The maximum absolute atomic E-state index is 6.81. The van der Waals surface area contributed by atoms with Crippen LogP contribution in [-0.4, -0.2) is 21.4 Å². The van der Waals surface area contributed by atoms with Crippen LogP contribution >= 0.6 is 34.8 Å². The summed E-state index contributed by atoms with van der Waals surface area (Å²) in [4.78, 5) is 0. The van der Waals surface area contributed by atoms with E-state index in [4.69, 9.17) is 39.2 Å². The standard InChI is InChI=1S/C21H34Cl3NOSi/c1-6-27(7-2,8-3)26-19(14-25-13-15-11-21(4,5)12-15)20-17(23)9-16(22)10-18(20)24/h9-10,15,19,25H,6-8,11-14H2,1-5H3. The predicted molar refractivity (Wildman–Crippen MR) is 122 cm³/mol. The van der Waals surface area contributed by atoms with Gasteiger partial charge in [0.2, 0.25) is 0 Å². The first-order chi connectivity index (χ1) is 12.6. The number of nitrogens with one attached hydrogen (secondary N) is 1. The molecule has 1 aromatic rings. The van der Waals surface area contributed by atoms with Gasteiger partial charge in [-0.2, -0.15) is 0 Å². The second-order valence-electron chi connectivity index (χ2n) is 8.73. The number of halogens is 3. The SMILES string of the molecule is CC[Si](CC)(CC)OC(CNCC1CC(C)(C)C1)c1c(Cl)cc(Cl)cc1Cl. The van der Waals surface area contributed by atoms with Crippen LogP contribution in [0.5, 0.6) is 0 Å². The van der Waals surface area contributed by atoms with E-state index in [2.05, 4.69) is 39.9 Å². The predicted octanol–water partition coefficient (Wildman–Crippen LogP) is 7.74. The summed E-state index contributed by atoms with van der Waals surface area (Å²) in [6.45, 7) is 13.2. The Morgan fingerprint density at radius 3 is 2.04 bits per heavy atom. The van der Waals surface area contributed by atoms with Crippen LogP contribution in [0.2, 0.25) is 33.2 Å². The summed E-state index contributed by atoms with van der Waals surface area (Å²) in [5.74, 6) is 0.752. The van der Waals surface area contributed by atoms with Gasteiger partial charge in [0, 0.05) is 27.2 Å². The minimum absolute atomic E-state index is 0.137. The highest BCUT2D eigenvalue weighted by molar-refractivity contribution is 6.73. The molecule has 0 spiro atoms. The molecule has 1 aromatic carbocycles. The van der Waals surface area contributed by atoms with Gasteiger partial charge in [-0.15, -0.1) is 0 Å². The first kappa shape index (κ1) is 23.5. The normalized spacial score (nSPS) is 18.4. The van der Waals surface area contributed by atoms with Crippen molar-refractivity contribution in [2.24, 2.45) is 11.3 Å². The van der Waals surface area contributed by atoms with Gasteiger partial charge in [-0.3, -0.25) is 0 Å². The van der Waals surface area contributed by atoms with Gasteiger partial charge in [0.25, 0.3) is 0 Å². The zero-order valence-corrected chi connectivity index (χ0v) is 20.6. The number of rotatable bonds is 10. The summed E-state index contributed by atoms with van der Waals surface area (Å²) >= 11 is 19.2. The number of benzene rings is 1. The summed E-state index contributed by atoms with van der Waals surface area (Å²) in [5, 5.41) is 5.38. The molecule has 1 unspecified atom stereocenters. The molecule has 1 aliphatic rings. The monoisotopic (exact) mass is 449 g/mol. The largest absolute Gasteiger partial charge is 0.409 e. The number of hydrogen-bond acceptors (Lipinski definition) is 2. The highest BCUT2D eigenvalue weighted by Crippen LogP contribution is 2.44. The fraction of sp³-hybridized carbons (Fsp3) is 0.714. The Morgan fingerprint density at radius 2 is 1.59 bits per heavy atom. The van der Waals surface area contributed by atoms with E-state index < -0.39 is 8.32 Å². The van der Waals surface area contributed by atoms with Crippen LogP contribution in [0, 0.1) is 11.3 Å². The minimum atomic E-state index is -1.81. The first-order valence-electron chi connectivity index (χ1n) is 10.2. The Labute approximate surface area is 181 Å². The average Bonchev–Trinajstić information content (AvgIpc) is 2.56. The van der Waals surface area contributed by atoms with E-state index in [-0.39, 0.29) is 6.10 Å². The van der Waals surface area contributed by atoms with Crippen molar-refractivity contribution in [3.05, 3.63) is 32.8 Å². The van der Waals surface area contributed by atoms with Crippen molar-refractivity contribution in [2.45, 2.75) is 71.7 Å². The quantitative estimate of drug-likeness (QED) is 0.368. The Kier molecular flexibility index (Phi) is 8.55. The smallest absolute Gasteiger partial charge is 0.192 e. The van der Waals surface area contributed by atoms with Crippen LogP contribution in [0.25, 0.3) is 0 Å². The van der Waals surface area contributed by atoms with Gasteiger partial charge in [-0.1, -0.05) is 69.4 Å². The van der Waals surface area contributed by atoms with Gasteiger partial charge in [-0.05, 0) is 61.0 Å². The molecular weight excluding hydrogens is 417 g/mol. The molecular formula is C21H34Cl3NOSi. The molecule has 154 valence electrons. The molecule has 0 bridgehead atoms. The Morgan fingerprint density at radius 1 is 1.07 bits per heavy atom. The fourth-order valence-corrected chi connectivity index (χ4v) is 8.30. The van der Waals surface area contributed by atoms with E-state index in [1.165, 1.54) is 12.8 Å². The van der Waals surface area contributed by atoms with Gasteiger partial charge >= 0.3 is 0 Å². The molecule has 0 aliphatic heterocycles. The van der Waals surface area contributed by atoms with E-state index in [1.54, 1.807) is 12.1 Å². The second-order valence-corrected chi connectivity index (χ2v) is 14.7. The Hall–Kier alpha value is 0.227. The second kappa shape index (κ2) is 9.82. The maximum atomic E-state index is 6.81. The molecule has 0 amide bonds. The first-order valence-corrected chi connectivity index (χ1v) is 13.8. The zero-order chi connectivity index (χ0) is 20.2. The van der Waals surface area contributed by atoms with Crippen molar-refractivity contribution in [3.63, 3.8) is 0 Å². The van der Waals surface area contributed by atoms with Crippen LogP contribution in [-0.2, 0) is 4.43 Å². The molecule has 0 heterocycles. The molecule has 6 heteroatoms. The summed E-state index contributed by atoms with van der Waals surface area (Å²) in [6.07, 6.45) is 2.43. The summed E-state index contributed by atoms with van der Waals surface area (Å²) in [6, 6.07) is 6.81.